The quantitative estimate of drug-likeness (QED) is 0.718. The minimum absolute atomic E-state index is 0. The molecule has 1 amide bonds. The summed E-state index contributed by atoms with van der Waals surface area (Å²) in [6, 6.07) is 14.8. The summed E-state index contributed by atoms with van der Waals surface area (Å²) in [7, 11) is 0. The number of ether oxygens (including phenoxy) is 2. The van der Waals surface area contributed by atoms with E-state index in [0.717, 1.165) is 23.4 Å². The molecule has 0 atom stereocenters. The van der Waals surface area contributed by atoms with Crippen LogP contribution in [0, 0.1) is 0 Å². The van der Waals surface area contributed by atoms with Crippen molar-refractivity contribution in [3.63, 3.8) is 0 Å². The fraction of sp³-hybridized carbons (Fsp3) is 0.278. The van der Waals surface area contributed by atoms with Crippen LogP contribution in [-0.2, 0) is 11.2 Å². The SMILES string of the molecule is CCOc1ccc(OCC(=O)NCCc2ccc(N)cc2)cc1.Cl. The second kappa shape index (κ2) is 10.4. The fourth-order valence-corrected chi connectivity index (χ4v) is 2.03. The normalized spacial score (nSPS) is 9.71. The lowest BCUT2D eigenvalue weighted by Gasteiger charge is -2.08. The number of amides is 1. The third-order valence-electron chi connectivity index (χ3n) is 3.22. The van der Waals surface area contributed by atoms with Gasteiger partial charge in [0.1, 0.15) is 11.5 Å². The molecular weight excluding hydrogens is 328 g/mol. The third kappa shape index (κ3) is 6.79. The molecule has 0 aliphatic carbocycles. The van der Waals surface area contributed by atoms with Crippen LogP contribution in [0.2, 0.25) is 0 Å². The van der Waals surface area contributed by atoms with Crippen molar-refractivity contribution in [3.8, 4) is 11.5 Å². The predicted molar refractivity (Wildman–Crippen MR) is 97.9 cm³/mol. The van der Waals surface area contributed by atoms with E-state index in [-0.39, 0.29) is 24.9 Å². The highest BCUT2D eigenvalue weighted by atomic mass is 35.5. The maximum Gasteiger partial charge on any atom is 0.257 e. The lowest BCUT2D eigenvalue weighted by molar-refractivity contribution is -0.123. The van der Waals surface area contributed by atoms with E-state index in [9.17, 15) is 4.79 Å². The summed E-state index contributed by atoms with van der Waals surface area (Å²) in [4.78, 5) is 11.7. The number of carbonyl (C=O) groups excluding carboxylic acids is 1. The van der Waals surface area contributed by atoms with Crippen molar-refractivity contribution in [2.75, 3.05) is 25.5 Å². The molecular formula is C18H23ClN2O3. The van der Waals surface area contributed by atoms with Gasteiger partial charge in [0.25, 0.3) is 5.91 Å². The number of nitrogens with one attached hydrogen (secondary N) is 1. The molecule has 0 spiro atoms. The summed E-state index contributed by atoms with van der Waals surface area (Å²) in [6.07, 6.45) is 0.759. The van der Waals surface area contributed by atoms with Gasteiger partial charge in [-0.05, 0) is 55.3 Å². The van der Waals surface area contributed by atoms with Crippen LogP contribution in [0.5, 0.6) is 11.5 Å². The Kier molecular flexibility index (Phi) is 8.50. The summed E-state index contributed by atoms with van der Waals surface area (Å²) in [5.74, 6) is 1.28. The van der Waals surface area contributed by atoms with Gasteiger partial charge in [0, 0.05) is 12.2 Å². The molecule has 130 valence electrons. The summed E-state index contributed by atoms with van der Waals surface area (Å²) in [5.41, 5.74) is 7.50. The molecule has 0 heterocycles. The maximum atomic E-state index is 11.7. The summed E-state index contributed by atoms with van der Waals surface area (Å²) < 4.78 is 10.8. The van der Waals surface area contributed by atoms with Gasteiger partial charge in [-0.3, -0.25) is 4.79 Å². The minimum Gasteiger partial charge on any atom is -0.494 e. The Morgan fingerprint density at radius 3 is 2.17 bits per heavy atom. The van der Waals surface area contributed by atoms with Gasteiger partial charge in [-0.2, -0.15) is 0 Å². The highest BCUT2D eigenvalue weighted by molar-refractivity contribution is 5.85. The van der Waals surface area contributed by atoms with Crippen molar-refractivity contribution in [2.24, 2.45) is 0 Å². The zero-order valence-corrected chi connectivity index (χ0v) is 14.5. The lowest BCUT2D eigenvalue weighted by Crippen LogP contribution is -2.30. The Morgan fingerprint density at radius 2 is 1.58 bits per heavy atom. The van der Waals surface area contributed by atoms with E-state index >= 15 is 0 Å². The predicted octanol–water partition coefficient (Wildman–Crippen LogP) is 2.83. The molecule has 5 nitrogen and oxygen atoms in total. The molecule has 0 radical (unpaired) electrons. The van der Waals surface area contributed by atoms with Gasteiger partial charge in [-0.1, -0.05) is 12.1 Å². The van der Waals surface area contributed by atoms with E-state index in [2.05, 4.69) is 5.32 Å². The van der Waals surface area contributed by atoms with Crippen LogP contribution >= 0.6 is 12.4 Å². The largest absolute Gasteiger partial charge is 0.494 e. The van der Waals surface area contributed by atoms with Crippen LogP contribution in [0.15, 0.2) is 48.5 Å². The first-order chi connectivity index (χ1) is 11.2. The van der Waals surface area contributed by atoms with E-state index in [0.29, 0.717) is 18.9 Å². The van der Waals surface area contributed by atoms with Crippen molar-refractivity contribution in [2.45, 2.75) is 13.3 Å². The molecule has 0 fully saturated rings. The number of hydrogen-bond acceptors (Lipinski definition) is 4. The van der Waals surface area contributed by atoms with Gasteiger partial charge >= 0.3 is 0 Å². The Hall–Kier alpha value is -2.40. The van der Waals surface area contributed by atoms with Crippen molar-refractivity contribution in [1.82, 2.24) is 5.32 Å². The molecule has 6 heteroatoms. The van der Waals surface area contributed by atoms with Crippen LogP contribution in [0.3, 0.4) is 0 Å². The van der Waals surface area contributed by atoms with Gasteiger partial charge in [0.05, 0.1) is 6.61 Å². The zero-order chi connectivity index (χ0) is 16.5. The number of nitrogens with two attached hydrogens (primary N) is 1. The average Bonchev–Trinajstić information content (AvgIpc) is 2.56. The Balaban J connectivity index is 0.00000288. The van der Waals surface area contributed by atoms with E-state index in [1.54, 1.807) is 12.1 Å². The van der Waals surface area contributed by atoms with E-state index < -0.39 is 0 Å². The molecule has 2 aromatic rings. The van der Waals surface area contributed by atoms with Crippen LogP contribution in [0.1, 0.15) is 12.5 Å². The minimum atomic E-state index is -0.144. The smallest absolute Gasteiger partial charge is 0.257 e. The molecule has 0 saturated heterocycles. The van der Waals surface area contributed by atoms with Crippen LogP contribution in [-0.4, -0.2) is 25.7 Å². The highest BCUT2D eigenvalue weighted by Gasteiger charge is 2.03. The molecule has 0 aromatic heterocycles. The topological polar surface area (TPSA) is 73.6 Å². The molecule has 0 unspecified atom stereocenters. The molecule has 0 saturated carbocycles. The number of halogens is 1. The highest BCUT2D eigenvalue weighted by Crippen LogP contribution is 2.17. The fourth-order valence-electron chi connectivity index (χ4n) is 2.03. The first-order valence-corrected chi connectivity index (χ1v) is 7.64. The van der Waals surface area contributed by atoms with Crippen LogP contribution in [0.4, 0.5) is 5.69 Å². The average molecular weight is 351 g/mol. The van der Waals surface area contributed by atoms with Crippen molar-refractivity contribution < 1.29 is 14.3 Å². The van der Waals surface area contributed by atoms with Gasteiger partial charge in [-0.25, -0.2) is 0 Å². The number of rotatable bonds is 8. The number of hydrogen-bond donors (Lipinski definition) is 2. The number of benzene rings is 2. The second-order valence-electron chi connectivity index (χ2n) is 5.03. The molecule has 2 rings (SSSR count). The van der Waals surface area contributed by atoms with E-state index in [4.69, 9.17) is 15.2 Å². The molecule has 24 heavy (non-hydrogen) atoms. The van der Waals surface area contributed by atoms with Crippen molar-refractivity contribution in [1.29, 1.82) is 0 Å². The third-order valence-corrected chi connectivity index (χ3v) is 3.22. The summed E-state index contributed by atoms with van der Waals surface area (Å²) in [5, 5.41) is 2.83. The van der Waals surface area contributed by atoms with Gasteiger partial charge in [0.15, 0.2) is 6.61 Å². The lowest BCUT2D eigenvalue weighted by atomic mass is 10.1. The Bertz CT molecular complexity index is 615. The van der Waals surface area contributed by atoms with Crippen molar-refractivity contribution >= 4 is 24.0 Å². The second-order valence-corrected chi connectivity index (χ2v) is 5.03. The van der Waals surface area contributed by atoms with Crippen molar-refractivity contribution in [3.05, 3.63) is 54.1 Å². The molecule has 2 aromatic carbocycles. The van der Waals surface area contributed by atoms with E-state index in [1.807, 2.05) is 43.3 Å². The maximum absolute atomic E-state index is 11.7. The standard InChI is InChI=1S/C18H22N2O3.ClH/c1-2-22-16-7-9-17(10-8-16)23-13-18(21)20-12-11-14-3-5-15(19)6-4-14;/h3-10H,2,11-13,19H2,1H3,(H,20,21);1H. The van der Waals surface area contributed by atoms with Gasteiger partial charge in [-0.15, -0.1) is 12.4 Å². The van der Waals surface area contributed by atoms with Gasteiger partial charge in [0.2, 0.25) is 0 Å². The van der Waals surface area contributed by atoms with E-state index in [1.165, 1.54) is 0 Å². The number of anilines is 1. The molecule has 0 bridgehead atoms. The number of nitrogen functional groups attached to an aromatic ring is 1. The zero-order valence-electron chi connectivity index (χ0n) is 13.7. The van der Waals surface area contributed by atoms with Crippen LogP contribution < -0.4 is 20.5 Å². The molecule has 0 aliphatic rings. The van der Waals surface area contributed by atoms with Gasteiger partial charge < -0.3 is 20.5 Å². The summed E-state index contributed by atoms with van der Waals surface area (Å²) in [6.45, 7) is 3.11. The summed E-state index contributed by atoms with van der Waals surface area (Å²) >= 11 is 0. The number of carbonyl (C=O) groups is 1. The Labute approximate surface area is 148 Å². The monoisotopic (exact) mass is 350 g/mol. The first kappa shape index (κ1) is 19.6. The first-order valence-electron chi connectivity index (χ1n) is 7.64. The van der Waals surface area contributed by atoms with Crippen LogP contribution in [0.25, 0.3) is 0 Å². The molecule has 3 N–H and O–H groups in total. The Morgan fingerprint density at radius 1 is 1.00 bits per heavy atom. The molecule has 0 aliphatic heterocycles.